The zero-order valence-corrected chi connectivity index (χ0v) is 18.9. The van der Waals surface area contributed by atoms with Crippen LogP contribution in [-0.4, -0.2) is 38.7 Å². The zero-order chi connectivity index (χ0) is 24.4. The molecule has 3 heterocycles. The molecule has 9 nitrogen and oxygen atoms in total. The molecule has 35 heavy (non-hydrogen) atoms. The normalized spacial score (nSPS) is 19.4. The van der Waals surface area contributed by atoms with Gasteiger partial charge in [-0.25, -0.2) is 0 Å². The van der Waals surface area contributed by atoms with Crippen LogP contribution in [0.15, 0.2) is 72.9 Å². The topological polar surface area (TPSA) is 115 Å². The van der Waals surface area contributed by atoms with Crippen molar-refractivity contribution in [3.8, 4) is 0 Å². The van der Waals surface area contributed by atoms with E-state index in [-0.39, 0.29) is 29.5 Å². The summed E-state index contributed by atoms with van der Waals surface area (Å²) >= 11 is 0. The van der Waals surface area contributed by atoms with Crippen molar-refractivity contribution in [3.63, 3.8) is 0 Å². The van der Waals surface area contributed by atoms with Gasteiger partial charge < -0.3 is 19.4 Å². The summed E-state index contributed by atoms with van der Waals surface area (Å²) in [6.45, 7) is 1.96. The number of carbonyl (C=O) groups is 3. The summed E-state index contributed by atoms with van der Waals surface area (Å²) in [5.74, 6) is -0.386. The Labute approximate surface area is 201 Å². The van der Waals surface area contributed by atoms with Gasteiger partial charge in [-0.2, -0.15) is 9.97 Å². The molecular weight excluding hydrogens is 446 g/mol. The number of benzene rings is 2. The molecule has 0 unspecified atom stereocenters. The van der Waals surface area contributed by atoms with Gasteiger partial charge in [0.1, 0.15) is 30.1 Å². The molecule has 4 aromatic rings. The van der Waals surface area contributed by atoms with Crippen molar-refractivity contribution < 1.29 is 19.1 Å². The van der Waals surface area contributed by atoms with Gasteiger partial charge in [0, 0.05) is 17.3 Å². The number of nitrogens with zero attached hydrogens (tertiary/aromatic N) is 3. The molecule has 2 N–H and O–H groups in total. The van der Waals surface area contributed by atoms with Crippen molar-refractivity contribution in [2.75, 3.05) is 10.6 Å². The Hall–Kier alpha value is -4.37. The molecule has 2 aromatic carbocycles. The first-order valence-electron chi connectivity index (χ1n) is 11.3. The molecule has 0 radical (unpaired) electrons. The molecule has 1 saturated heterocycles. The van der Waals surface area contributed by atoms with Gasteiger partial charge in [-0.05, 0) is 42.7 Å². The monoisotopic (exact) mass is 469 g/mol. The van der Waals surface area contributed by atoms with E-state index >= 15 is 0 Å². The van der Waals surface area contributed by atoms with Crippen LogP contribution in [0.5, 0.6) is 0 Å². The lowest BCUT2D eigenvalue weighted by molar-refractivity contribution is -0.120. The fourth-order valence-electron chi connectivity index (χ4n) is 4.12. The number of nitrogens with one attached hydrogen (secondary N) is 2. The summed E-state index contributed by atoms with van der Waals surface area (Å²) < 4.78 is 7.71. The summed E-state index contributed by atoms with van der Waals surface area (Å²) in [4.78, 5) is 46.0. The predicted molar refractivity (Wildman–Crippen MR) is 130 cm³/mol. The third-order valence-electron chi connectivity index (χ3n) is 5.99. The number of amides is 2. The minimum atomic E-state index is -0.506. The van der Waals surface area contributed by atoms with Crippen molar-refractivity contribution in [2.24, 2.45) is 5.92 Å². The number of anilines is 2. The van der Waals surface area contributed by atoms with Crippen LogP contribution in [0.3, 0.4) is 0 Å². The maximum atomic E-state index is 12.9. The van der Waals surface area contributed by atoms with E-state index in [0.29, 0.717) is 28.6 Å². The first kappa shape index (κ1) is 22.4. The van der Waals surface area contributed by atoms with Crippen molar-refractivity contribution in [3.05, 3.63) is 84.1 Å². The molecule has 1 fully saturated rings. The third kappa shape index (κ3) is 4.53. The Balaban J connectivity index is 1.54. The second kappa shape index (κ2) is 9.47. The van der Waals surface area contributed by atoms with E-state index in [1.165, 1.54) is 0 Å². The molecule has 0 aliphatic carbocycles. The summed E-state index contributed by atoms with van der Waals surface area (Å²) in [7, 11) is 0. The maximum Gasteiger partial charge on any atom is 0.258 e. The van der Waals surface area contributed by atoms with E-state index in [2.05, 4.69) is 20.6 Å². The SMILES string of the molecule is C[C@H]1C[C@H](n2ccc3c(NC(=O)c4ccccc4)nc(NC(=O)c4ccccc4)nc32)O[C@@H]1C=O. The molecule has 9 heteroatoms. The van der Waals surface area contributed by atoms with Crippen LogP contribution in [0.2, 0.25) is 0 Å². The van der Waals surface area contributed by atoms with E-state index in [1.807, 2.05) is 19.1 Å². The zero-order valence-electron chi connectivity index (χ0n) is 18.9. The Morgan fingerprint density at radius 1 is 0.943 bits per heavy atom. The van der Waals surface area contributed by atoms with Crippen molar-refractivity contribution in [1.29, 1.82) is 0 Å². The average molecular weight is 470 g/mol. The summed E-state index contributed by atoms with van der Waals surface area (Å²) in [5, 5.41) is 6.13. The number of aromatic nitrogens is 3. The van der Waals surface area contributed by atoms with E-state index in [1.54, 1.807) is 65.4 Å². The third-order valence-corrected chi connectivity index (χ3v) is 5.99. The van der Waals surface area contributed by atoms with Gasteiger partial charge in [0.05, 0.1) is 5.39 Å². The van der Waals surface area contributed by atoms with Gasteiger partial charge >= 0.3 is 0 Å². The van der Waals surface area contributed by atoms with Crippen LogP contribution in [0.25, 0.3) is 11.0 Å². The first-order valence-corrected chi connectivity index (χ1v) is 11.3. The molecule has 2 aromatic heterocycles. The Kier molecular flexibility index (Phi) is 6.07. The highest BCUT2D eigenvalue weighted by atomic mass is 16.5. The lowest BCUT2D eigenvalue weighted by Crippen LogP contribution is -2.18. The fraction of sp³-hybridized carbons (Fsp3) is 0.192. The number of ether oxygens (including phenoxy) is 1. The Bertz CT molecular complexity index is 1390. The van der Waals surface area contributed by atoms with Gasteiger partial charge in [-0.1, -0.05) is 43.3 Å². The molecule has 2 amide bonds. The molecule has 0 spiro atoms. The van der Waals surface area contributed by atoms with Crippen LogP contribution in [0.1, 0.15) is 40.3 Å². The van der Waals surface area contributed by atoms with Crippen molar-refractivity contribution >= 4 is 40.9 Å². The summed E-state index contributed by atoms with van der Waals surface area (Å²) in [5.41, 5.74) is 1.38. The maximum absolute atomic E-state index is 12.9. The molecule has 0 bridgehead atoms. The second-order valence-corrected chi connectivity index (χ2v) is 8.40. The molecule has 176 valence electrons. The van der Waals surface area contributed by atoms with Gasteiger partial charge in [-0.15, -0.1) is 0 Å². The average Bonchev–Trinajstić information content (AvgIpc) is 3.48. The number of rotatable bonds is 6. The smallest absolute Gasteiger partial charge is 0.258 e. The summed E-state index contributed by atoms with van der Waals surface area (Å²) in [6, 6.07) is 19.3. The Morgan fingerprint density at radius 2 is 1.57 bits per heavy atom. The van der Waals surface area contributed by atoms with E-state index in [0.717, 1.165) is 6.29 Å². The van der Waals surface area contributed by atoms with Crippen LogP contribution in [-0.2, 0) is 9.53 Å². The van der Waals surface area contributed by atoms with Gasteiger partial charge in [0.2, 0.25) is 5.95 Å². The van der Waals surface area contributed by atoms with Gasteiger partial charge in [-0.3, -0.25) is 14.9 Å². The number of hydrogen-bond acceptors (Lipinski definition) is 6. The minimum absolute atomic E-state index is 0.0349. The quantitative estimate of drug-likeness (QED) is 0.412. The lowest BCUT2D eigenvalue weighted by atomic mass is 10.0. The highest BCUT2D eigenvalue weighted by Gasteiger charge is 2.34. The first-order chi connectivity index (χ1) is 17.0. The molecule has 1 aliphatic rings. The molecule has 3 atom stereocenters. The van der Waals surface area contributed by atoms with Gasteiger partial charge in [0.25, 0.3) is 11.8 Å². The number of aldehydes is 1. The van der Waals surface area contributed by atoms with Crippen LogP contribution in [0, 0.1) is 5.92 Å². The van der Waals surface area contributed by atoms with Gasteiger partial charge in [0.15, 0.2) is 0 Å². The van der Waals surface area contributed by atoms with Crippen LogP contribution >= 0.6 is 0 Å². The molecule has 1 aliphatic heterocycles. The van der Waals surface area contributed by atoms with E-state index in [4.69, 9.17) is 4.74 Å². The second-order valence-electron chi connectivity index (χ2n) is 8.40. The van der Waals surface area contributed by atoms with Crippen molar-refractivity contribution in [1.82, 2.24) is 14.5 Å². The molecule has 5 rings (SSSR count). The number of carbonyl (C=O) groups excluding carboxylic acids is 3. The fourth-order valence-corrected chi connectivity index (χ4v) is 4.12. The highest BCUT2D eigenvalue weighted by Crippen LogP contribution is 2.35. The van der Waals surface area contributed by atoms with E-state index in [9.17, 15) is 14.4 Å². The lowest BCUT2D eigenvalue weighted by Gasteiger charge is -2.15. The van der Waals surface area contributed by atoms with E-state index < -0.39 is 12.3 Å². The highest BCUT2D eigenvalue weighted by molar-refractivity contribution is 6.08. The predicted octanol–water partition coefficient (Wildman–Crippen LogP) is 4.06. The van der Waals surface area contributed by atoms with Crippen LogP contribution < -0.4 is 10.6 Å². The standard InChI is InChI=1S/C26H23N5O4/c1-16-14-21(35-20(16)15-32)31-13-12-19-22(27-24(33)17-8-4-2-5-9-17)28-26(29-23(19)31)30-25(34)18-10-6-3-7-11-18/h2-13,15-16,20-21H,14H2,1H3,(H2,27,28,29,30,33,34)/t16-,20+,21+/m0/s1. The molecular formula is C26H23N5O4. The Morgan fingerprint density at radius 3 is 2.17 bits per heavy atom. The minimum Gasteiger partial charge on any atom is -0.347 e. The molecule has 0 saturated carbocycles. The van der Waals surface area contributed by atoms with Crippen LogP contribution in [0.4, 0.5) is 11.8 Å². The largest absolute Gasteiger partial charge is 0.347 e. The van der Waals surface area contributed by atoms with Crippen molar-refractivity contribution in [2.45, 2.75) is 25.7 Å². The summed E-state index contributed by atoms with van der Waals surface area (Å²) in [6.07, 6.45) is 2.29. The number of fused-ring (bicyclic) bond motifs is 1. The number of hydrogen-bond donors (Lipinski definition) is 2.